The topological polar surface area (TPSA) is 53.7 Å². The quantitative estimate of drug-likeness (QED) is 0.522. The molecule has 142 valence electrons. The number of anilines is 1. The molecule has 4 aromatic rings. The van der Waals surface area contributed by atoms with Gasteiger partial charge < -0.3 is 9.80 Å². The van der Waals surface area contributed by atoms with Gasteiger partial charge in [0.1, 0.15) is 17.2 Å². The van der Waals surface area contributed by atoms with Crippen molar-refractivity contribution in [2.75, 3.05) is 31.1 Å². The Morgan fingerprint density at radius 2 is 1.93 bits per heavy atom. The highest BCUT2D eigenvalue weighted by Gasteiger charge is 2.27. The van der Waals surface area contributed by atoms with Gasteiger partial charge in [0.15, 0.2) is 5.13 Å². The summed E-state index contributed by atoms with van der Waals surface area (Å²) in [5.74, 6) is -0.247. The van der Waals surface area contributed by atoms with Gasteiger partial charge in [0, 0.05) is 32.4 Å². The number of amides is 1. The van der Waals surface area contributed by atoms with Crippen LogP contribution in [0, 0.1) is 12.7 Å². The third kappa shape index (κ3) is 2.80. The predicted molar refractivity (Wildman–Crippen MR) is 108 cm³/mol. The monoisotopic (exact) mass is 395 g/mol. The zero-order chi connectivity index (χ0) is 19.3. The molecule has 0 atom stereocenters. The number of carbonyl (C=O) groups is 1. The van der Waals surface area contributed by atoms with Crippen LogP contribution in [0.15, 0.2) is 42.6 Å². The fourth-order valence-corrected chi connectivity index (χ4v) is 4.69. The average Bonchev–Trinajstić information content (AvgIpc) is 3.27. The molecule has 0 saturated carbocycles. The Bertz CT molecular complexity index is 1190. The number of nitrogens with zero attached hydrogens (tertiary/aromatic N) is 5. The first kappa shape index (κ1) is 17.1. The van der Waals surface area contributed by atoms with Crippen molar-refractivity contribution in [2.45, 2.75) is 6.92 Å². The second kappa shape index (κ2) is 6.56. The molecule has 28 heavy (non-hydrogen) atoms. The van der Waals surface area contributed by atoms with Crippen molar-refractivity contribution in [2.24, 2.45) is 0 Å². The molecule has 1 aliphatic rings. The summed E-state index contributed by atoms with van der Waals surface area (Å²) in [6, 6.07) is 10.4. The van der Waals surface area contributed by atoms with Crippen LogP contribution in [0.25, 0.3) is 15.9 Å². The number of pyridine rings is 1. The van der Waals surface area contributed by atoms with Crippen LogP contribution in [0.4, 0.5) is 9.52 Å². The molecule has 5 rings (SSSR count). The summed E-state index contributed by atoms with van der Waals surface area (Å²) in [6.07, 6.45) is 1.87. The highest BCUT2D eigenvalue weighted by atomic mass is 32.1. The molecule has 1 aromatic carbocycles. The molecule has 0 radical (unpaired) electrons. The Hall–Kier alpha value is -3.00. The number of halogens is 1. The highest BCUT2D eigenvalue weighted by Crippen LogP contribution is 2.30. The predicted octanol–water partition coefficient (Wildman–Crippen LogP) is 3.35. The number of aromatic nitrogens is 3. The van der Waals surface area contributed by atoms with Crippen LogP contribution >= 0.6 is 11.3 Å². The lowest BCUT2D eigenvalue weighted by atomic mass is 10.2. The summed E-state index contributed by atoms with van der Waals surface area (Å²) in [5, 5.41) is 0.874. The zero-order valence-electron chi connectivity index (χ0n) is 15.3. The molecule has 1 amide bonds. The van der Waals surface area contributed by atoms with Crippen molar-refractivity contribution in [3.63, 3.8) is 0 Å². The molecule has 1 aliphatic heterocycles. The van der Waals surface area contributed by atoms with Gasteiger partial charge in [-0.3, -0.25) is 9.20 Å². The van der Waals surface area contributed by atoms with Gasteiger partial charge in [0.05, 0.1) is 15.9 Å². The van der Waals surface area contributed by atoms with Crippen LogP contribution in [0.3, 0.4) is 0 Å². The summed E-state index contributed by atoms with van der Waals surface area (Å²) in [6.45, 7) is 4.50. The minimum atomic E-state index is -0.249. The van der Waals surface area contributed by atoms with E-state index < -0.39 is 0 Å². The summed E-state index contributed by atoms with van der Waals surface area (Å²) in [7, 11) is 0. The maximum absolute atomic E-state index is 13.4. The molecule has 0 unspecified atom stereocenters. The average molecular weight is 395 g/mol. The molecule has 3 aromatic heterocycles. The Kier molecular flexibility index (Phi) is 4.01. The normalized spacial score (nSPS) is 14.9. The van der Waals surface area contributed by atoms with E-state index in [1.54, 1.807) is 6.07 Å². The number of fused-ring (bicyclic) bond motifs is 2. The van der Waals surface area contributed by atoms with Crippen LogP contribution < -0.4 is 4.90 Å². The number of thiazole rings is 1. The highest BCUT2D eigenvalue weighted by molar-refractivity contribution is 7.22. The Morgan fingerprint density at radius 1 is 1.11 bits per heavy atom. The van der Waals surface area contributed by atoms with E-state index in [4.69, 9.17) is 0 Å². The van der Waals surface area contributed by atoms with Gasteiger partial charge in [-0.1, -0.05) is 17.4 Å². The maximum Gasteiger partial charge on any atom is 0.272 e. The van der Waals surface area contributed by atoms with Gasteiger partial charge in [0.2, 0.25) is 0 Å². The van der Waals surface area contributed by atoms with Gasteiger partial charge in [-0.05, 0) is 37.3 Å². The number of hydrogen-bond acceptors (Lipinski definition) is 5. The lowest BCUT2D eigenvalue weighted by molar-refractivity contribution is 0.0739. The molecular weight excluding hydrogens is 377 g/mol. The lowest BCUT2D eigenvalue weighted by Crippen LogP contribution is -2.49. The minimum absolute atomic E-state index is 0.00206. The number of aryl methyl sites for hydroxylation is 1. The Balaban J connectivity index is 1.34. The molecule has 1 saturated heterocycles. The molecule has 0 spiro atoms. The van der Waals surface area contributed by atoms with E-state index in [-0.39, 0.29) is 11.7 Å². The largest absolute Gasteiger partial charge is 0.345 e. The second-order valence-corrected chi connectivity index (χ2v) is 7.87. The molecule has 6 nitrogen and oxygen atoms in total. The summed E-state index contributed by atoms with van der Waals surface area (Å²) >= 11 is 1.49. The molecule has 4 heterocycles. The van der Waals surface area contributed by atoms with E-state index >= 15 is 0 Å². The van der Waals surface area contributed by atoms with Gasteiger partial charge in [0.25, 0.3) is 5.91 Å². The lowest BCUT2D eigenvalue weighted by Gasteiger charge is -2.34. The van der Waals surface area contributed by atoms with E-state index in [1.807, 2.05) is 40.6 Å². The SMILES string of the molecule is Cc1nc2ccccn2c1C(=O)N1CCN(c2nc3ccc(F)cc3s2)CC1. The number of benzene rings is 1. The third-order valence-electron chi connectivity index (χ3n) is 5.08. The first-order valence-electron chi connectivity index (χ1n) is 9.14. The summed E-state index contributed by atoms with van der Waals surface area (Å²) < 4.78 is 16.1. The third-order valence-corrected chi connectivity index (χ3v) is 6.16. The van der Waals surface area contributed by atoms with Gasteiger partial charge in [-0.25, -0.2) is 14.4 Å². The van der Waals surface area contributed by atoms with Crippen LogP contribution in [0.2, 0.25) is 0 Å². The molecule has 0 N–H and O–H groups in total. The number of hydrogen-bond donors (Lipinski definition) is 0. The molecule has 8 heteroatoms. The van der Waals surface area contributed by atoms with Gasteiger partial charge >= 0.3 is 0 Å². The van der Waals surface area contributed by atoms with Crippen LogP contribution in [-0.4, -0.2) is 51.4 Å². The van der Waals surface area contributed by atoms with Crippen molar-refractivity contribution in [3.8, 4) is 0 Å². The van der Waals surface area contributed by atoms with Crippen LogP contribution in [0.1, 0.15) is 16.2 Å². The van der Waals surface area contributed by atoms with E-state index in [9.17, 15) is 9.18 Å². The Morgan fingerprint density at radius 3 is 2.75 bits per heavy atom. The van der Waals surface area contributed by atoms with Crippen molar-refractivity contribution in [1.82, 2.24) is 19.3 Å². The molecule has 0 bridgehead atoms. The second-order valence-electron chi connectivity index (χ2n) is 6.86. The fraction of sp³-hybridized carbons (Fsp3) is 0.250. The molecule has 1 fully saturated rings. The van der Waals surface area contributed by atoms with Crippen molar-refractivity contribution < 1.29 is 9.18 Å². The van der Waals surface area contributed by atoms with E-state index in [0.29, 0.717) is 31.9 Å². The van der Waals surface area contributed by atoms with Crippen LogP contribution in [-0.2, 0) is 0 Å². The summed E-state index contributed by atoms with van der Waals surface area (Å²) in [4.78, 5) is 26.2. The van der Waals surface area contributed by atoms with E-state index in [0.717, 1.165) is 26.7 Å². The van der Waals surface area contributed by atoms with Crippen molar-refractivity contribution in [1.29, 1.82) is 0 Å². The minimum Gasteiger partial charge on any atom is -0.345 e. The maximum atomic E-state index is 13.4. The van der Waals surface area contributed by atoms with E-state index in [2.05, 4.69) is 14.9 Å². The summed E-state index contributed by atoms with van der Waals surface area (Å²) in [5.41, 5.74) is 2.95. The number of rotatable bonds is 2. The molecule has 0 aliphatic carbocycles. The first-order chi connectivity index (χ1) is 13.6. The van der Waals surface area contributed by atoms with Crippen molar-refractivity contribution >= 4 is 38.2 Å². The zero-order valence-corrected chi connectivity index (χ0v) is 16.1. The molecular formula is C20H18FN5OS. The fourth-order valence-electron chi connectivity index (χ4n) is 3.64. The van der Waals surface area contributed by atoms with Gasteiger partial charge in [-0.2, -0.15) is 0 Å². The number of carbonyl (C=O) groups excluding carboxylic acids is 1. The first-order valence-corrected chi connectivity index (χ1v) is 9.96. The van der Waals surface area contributed by atoms with Crippen LogP contribution in [0.5, 0.6) is 0 Å². The smallest absolute Gasteiger partial charge is 0.272 e. The van der Waals surface area contributed by atoms with E-state index in [1.165, 1.54) is 23.5 Å². The van der Waals surface area contributed by atoms with Crippen molar-refractivity contribution in [3.05, 3.63) is 59.8 Å². The number of piperazine rings is 1. The Labute approximate surface area is 164 Å². The number of imidazole rings is 1. The van der Waals surface area contributed by atoms with Gasteiger partial charge in [-0.15, -0.1) is 0 Å². The standard InChI is InChI=1S/C20H18FN5OS/c1-13-18(26-7-3-2-4-17(26)22-13)19(27)24-8-10-25(11-9-24)20-23-15-6-5-14(21)12-16(15)28-20/h2-7,12H,8-11H2,1H3.